The molecule has 26 heavy (non-hydrogen) atoms. The molecule has 1 aliphatic rings. The van der Waals surface area contributed by atoms with Crippen molar-refractivity contribution in [3.8, 4) is 6.07 Å². The summed E-state index contributed by atoms with van der Waals surface area (Å²) in [5.41, 5.74) is 2.15. The standard InChI is InChI=1S/C19H13FN4O2/c20-10-5-6-11-12(8-17(25)22-16(11)7-10)18(26)13(9-21)19-23-14-3-1-2-4-15(14)24-19/h1-7,12-13H,8H2,(H,22,25)(H,23,24)/t12-,13-/m0/s1. The van der Waals surface area contributed by atoms with E-state index in [0.717, 1.165) is 5.52 Å². The number of aromatic amines is 1. The predicted octanol–water partition coefficient (Wildman–Crippen LogP) is 3.00. The minimum Gasteiger partial charge on any atom is -0.340 e. The van der Waals surface area contributed by atoms with E-state index in [9.17, 15) is 19.2 Å². The summed E-state index contributed by atoms with van der Waals surface area (Å²) in [6.07, 6.45) is -0.0874. The topological polar surface area (TPSA) is 98.6 Å². The van der Waals surface area contributed by atoms with E-state index in [2.05, 4.69) is 15.3 Å². The Bertz CT molecular complexity index is 1050. The van der Waals surface area contributed by atoms with Gasteiger partial charge >= 0.3 is 0 Å². The molecule has 6 nitrogen and oxygen atoms in total. The molecular weight excluding hydrogens is 335 g/mol. The Morgan fingerprint density at radius 2 is 2.12 bits per heavy atom. The first kappa shape index (κ1) is 16.0. The highest BCUT2D eigenvalue weighted by atomic mass is 19.1. The maximum atomic E-state index is 13.5. The van der Waals surface area contributed by atoms with Gasteiger partial charge in [0, 0.05) is 12.1 Å². The van der Waals surface area contributed by atoms with Crippen LogP contribution < -0.4 is 5.32 Å². The highest BCUT2D eigenvalue weighted by Crippen LogP contribution is 2.36. The van der Waals surface area contributed by atoms with Gasteiger partial charge in [-0.1, -0.05) is 18.2 Å². The van der Waals surface area contributed by atoms with Crippen molar-refractivity contribution in [2.45, 2.75) is 18.3 Å². The molecule has 2 heterocycles. The number of amides is 1. The molecule has 0 radical (unpaired) electrons. The number of carbonyl (C=O) groups excluding carboxylic acids is 2. The first-order chi connectivity index (χ1) is 12.6. The van der Waals surface area contributed by atoms with Crippen LogP contribution in [0.1, 0.15) is 29.6 Å². The Labute approximate surface area is 147 Å². The van der Waals surface area contributed by atoms with Crippen molar-refractivity contribution in [3.63, 3.8) is 0 Å². The third kappa shape index (κ3) is 2.62. The van der Waals surface area contributed by atoms with Gasteiger partial charge < -0.3 is 10.3 Å². The molecule has 0 unspecified atom stereocenters. The van der Waals surface area contributed by atoms with E-state index in [4.69, 9.17) is 0 Å². The van der Waals surface area contributed by atoms with Gasteiger partial charge in [0.15, 0.2) is 11.7 Å². The number of nitrogens with one attached hydrogen (secondary N) is 2. The summed E-state index contributed by atoms with van der Waals surface area (Å²) >= 11 is 0. The summed E-state index contributed by atoms with van der Waals surface area (Å²) in [5.74, 6) is -3.05. The summed E-state index contributed by atoms with van der Waals surface area (Å²) < 4.78 is 13.5. The van der Waals surface area contributed by atoms with Crippen LogP contribution in [-0.2, 0) is 9.59 Å². The largest absolute Gasteiger partial charge is 0.340 e. The van der Waals surface area contributed by atoms with E-state index < -0.39 is 23.4 Å². The molecule has 0 aliphatic carbocycles. The molecule has 2 atom stereocenters. The molecule has 4 rings (SSSR count). The minimum absolute atomic E-state index is 0.0874. The molecule has 0 saturated carbocycles. The minimum atomic E-state index is -1.14. The van der Waals surface area contributed by atoms with Crippen molar-refractivity contribution < 1.29 is 14.0 Å². The predicted molar refractivity (Wildman–Crippen MR) is 91.8 cm³/mol. The van der Waals surface area contributed by atoms with Crippen molar-refractivity contribution in [2.75, 3.05) is 5.32 Å². The zero-order valence-corrected chi connectivity index (χ0v) is 13.5. The maximum absolute atomic E-state index is 13.5. The van der Waals surface area contributed by atoms with Crippen LogP contribution >= 0.6 is 0 Å². The highest BCUT2D eigenvalue weighted by molar-refractivity contribution is 6.04. The van der Waals surface area contributed by atoms with Gasteiger partial charge in [-0.3, -0.25) is 9.59 Å². The number of rotatable bonds is 3. The number of benzene rings is 2. The number of imidazole rings is 1. The van der Waals surface area contributed by atoms with E-state index in [1.54, 1.807) is 12.1 Å². The molecular formula is C19H13FN4O2. The fourth-order valence-corrected chi connectivity index (χ4v) is 3.26. The number of fused-ring (bicyclic) bond motifs is 2. The molecule has 7 heteroatoms. The Kier molecular flexibility index (Phi) is 3.73. The molecule has 1 aliphatic heterocycles. The number of nitrogens with zero attached hydrogens (tertiary/aromatic N) is 2. The van der Waals surface area contributed by atoms with Gasteiger partial charge in [0.05, 0.1) is 23.0 Å². The molecule has 2 N–H and O–H groups in total. The Morgan fingerprint density at radius 3 is 2.88 bits per heavy atom. The van der Waals surface area contributed by atoms with Gasteiger partial charge in [0.25, 0.3) is 0 Å². The normalized spacial score (nSPS) is 17.2. The number of halogens is 1. The number of para-hydroxylation sites is 2. The maximum Gasteiger partial charge on any atom is 0.225 e. The van der Waals surface area contributed by atoms with Crippen LogP contribution in [0, 0.1) is 17.1 Å². The van der Waals surface area contributed by atoms with Crippen LogP contribution in [0.15, 0.2) is 42.5 Å². The van der Waals surface area contributed by atoms with E-state index in [-0.39, 0.29) is 23.8 Å². The van der Waals surface area contributed by atoms with Gasteiger partial charge in [0.1, 0.15) is 11.6 Å². The smallest absolute Gasteiger partial charge is 0.225 e. The van der Waals surface area contributed by atoms with Crippen LogP contribution in [0.2, 0.25) is 0 Å². The number of hydrogen-bond donors (Lipinski definition) is 2. The zero-order chi connectivity index (χ0) is 18.3. The zero-order valence-electron chi connectivity index (χ0n) is 13.5. The van der Waals surface area contributed by atoms with Crippen LogP contribution in [0.5, 0.6) is 0 Å². The average molecular weight is 348 g/mol. The summed E-state index contributed by atoms with van der Waals surface area (Å²) in [6.45, 7) is 0. The second-order valence-electron chi connectivity index (χ2n) is 6.14. The number of Topliss-reactive ketones (excluding diaryl/α,β-unsaturated/α-hetero) is 1. The quantitative estimate of drug-likeness (QED) is 0.760. The van der Waals surface area contributed by atoms with Gasteiger partial charge in [-0.25, -0.2) is 9.37 Å². The number of ketones is 1. The van der Waals surface area contributed by atoms with Crippen LogP contribution in [0.25, 0.3) is 11.0 Å². The lowest BCUT2D eigenvalue weighted by molar-refractivity contribution is -0.125. The van der Waals surface area contributed by atoms with Gasteiger partial charge in [-0.2, -0.15) is 5.26 Å². The summed E-state index contributed by atoms with van der Waals surface area (Å²) in [6, 6.07) is 13.1. The van der Waals surface area contributed by atoms with Crippen LogP contribution in [0.4, 0.5) is 10.1 Å². The molecule has 0 bridgehead atoms. The Hall–Kier alpha value is -3.53. The van der Waals surface area contributed by atoms with E-state index in [1.165, 1.54) is 18.2 Å². The number of H-pyrrole nitrogens is 1. The van der Waals surface area contributed by atoms with Crippen molar-refractivity contribution in [1.29, 1.82) is 5.26 Å². The lowest BCUT2D eigenvalue weighted by Crippen LogP contribution is -2.30. The molecule has 1 amide bonds. The average Bonchev–Trinajstić information content (AvgIpc) is 3.04. The van der Waals surface area contributed by atoms with E-state index >= 15 is 0 Å². The van der Waals surface area contributed by atoms with Gasteiger partial charge in [-0.15, -0.1) is 0 Å². The lowest BCUT2D eigenvalue weighted by atomic mass is 9.82. The molecule has 1 aromatic heterocycles. The van der Waals surface area contributed by atoms with E-state index in [1.807, 2.05) is 18.2 Å². The van der Waals surface area contributed by atoms with Gasteiger partial charge in [0.2, 0.25) is 5.91 Å². The van der Waals surface area contributed by atoms with Crippen LogP contribution in [-0.4, -0.2) is 21.7 Å². The highest BCUT2D eigenvalue weighted by Gasteiger charge is 2.36. The van der Waals surface area contributed by atoms with Crippen molar-refractivity contribution >= 4 is 28.4 Å². The molecule has 0 saturated heterocycles. The number of nitriles is 1. The lowest BCUT2D eigenvalue weighted by Gasteiger charge is -2.25. The Balaban J connectivity index is 1.74. The summed E-state index contributed by atoms with van der Waals surface area (Å²) in [7, 11) is 0. The summed E-state index contributed by atoms with van der Waals surface area (Å²) in [4.78, 5) is 32.3. The Morgan fingerprint density at radius 1 is 1.31 bits per heavy atom. The second-order valence-corrected chi connectivity index (χ2v) is 6.14. The molecule has 2 aromatic carbocycles. The second kappa shape index (κ2) is 6.08. The fraction of sp³-hybridized carbons (Fsp3) is 0.158. The monoisotopic (exact) mass is 348 g/mol. The van der Waals surface area contributed by atoms with E-state index in [0.29, 0.717) is 11.1 Å². The SMILES string of the molecule is N#C[C@@H](C(=O)[C@H]1CC(=O)Nc2cc(F)ccc21)c1nc2ccccc2[nH]1. The molecule has 0 spiro atoms. The summed E-state index contributed by atoms with van der Waals surface area (Å²) in [5, 5.41) is 12.1. The number of anilines is 1. The molecule has 3 aromatic rings. The first-order valence-corrected chi connectivity index (χ1v) is 8.04. The number of hydrogen-bond acceptors (Lipinski definition) is 4. The van der Waals surface area contributed by atoms with Gasteiger partial charge in [-0.05, 0) is 29.8 Å². The third-order valence-corrected chi connectivity index (χ3v) is 4.49. The molecule has 128 valence electrons. The number of carbonyl (C=O) groups is 2. The fourth-order valence-electron chi connectivity index (χ4n) is 3.26. The third-order valence-electron chi connectivity index (χ3n) is 4.49. The molecule has 0 fully saturated rings. The van der Waals surface area contributed by atoms with Crippen molar-refractivity contribution in [3.05, 3.63) is 59.7 Å². The first-order valence-electron chi connectivity index (χ1n) is 8.04. The van der Waals surface area contributed by atoms with Crippen molar-refractivity contribution in [2.24, 2.45) is 0 Å². The number of aromatic nitrogens is 2. The van der Waals surface area contributed by atoms with Crippen molar-refractivity contribution in [1.82, 2.24) is 9.97 Å². The van der Waals surface area contributed by atoms with Crippen LogP contribution in [0.3, 0.4) is 0 Å².